The summed E-state index contributed by atoms with van der Waals surface area (Å²) in [4.78, 5) is 0. The van der Waals surface area contributed by atoms with Crippen molar-refractivity contribution in [3.8, 4) is 0 Å². The lowest BCUT2D eigenvalue weighted by molar-refractivity contribution is 0.498. The summed E-state index contributed by atoms with van der Waals surface area (Å²) < 4.78 is 0. The van der Waals surface area contributed by atoms with E-state index in [9.17, 15) is 0 Å². The van der Waals surface area contributed by atoms with Crippen molar-refractivity contribution < 1.29 is 0 Å². The highest BCUT2D eigenvalue weighted by Crippen LogP contribution is 2.32. The fraction of sp³-hybridized carbons (Fsp3) is 0.571. The van der Waals surface area contributed by atoms with Crippen molar-refractivity contribution in [3.63, 3.8) is 0 Å². The molecule has 1 saturated carbocycles. The van der Waals surface area contributed by atoms with E-state index in [1.165, 1.54) is 37.8 Å². The molecule has 1 fully saturated rings. The van der Waals surface area contributed by atoms with Crippen LogP contribution in [0.3, 0.4) is 0 Å². The Morgan fingerprint density at radius 1 is 1.27 bits per heavy atom. The molecule has 1 unspecified atom stereocenters. The van der Waals surface area contributed by atoms with Crippen LogP contribution in [0.2, 0.25) is 0 Å². The molecule has 0 spiro atoms. The van der Waals surface area contributed by atoms with E-state index in [-0.39, 0.29) is 0 Å². The van der Waals surface area contributed by atoms with Crippen molar-refractivity contribution in [1.29, 1.82) is 0 Å². The van der Waals surface area contributed by atoms with Crippen molar-refractivity contribution in [2.45, 2.75) is 38.6 Å². The maximum absolute atomic E-state index is 3.66. The first-order chi connectivity index (χ1) is 7.40. The summed E-state index contributed by atoms with van der Waals surface area (Å²) in [5, 5.41) is 3.66. The Balaban J connectivity index is 1.80. The molecule has 1 aromatic carbocycles. The summed E-state index contributed by atoms with van der Waals surface area (Å²) in [7, 11) is 0. The molecule has 0 amide bonds. The van der Waals surface area contributed by atoms with Gasteiger partial charge >= 0.3 is 0 Å². The summed E-state index contributed by atoms with van der Waals surface area (Å²) >= 11 is 0. The van der Waals surface area contributed by atoms with Gasteiger partial charge in [-0.1, -0.05) is 50.1 Å². The fourth-order valence-electron chi connectivity index (χ4n) is 2.05. The Kier molecular flexibility index (Phi) is 3.79. The SMILES string of the molecule is CCC(NCCC1CC1)c1ccccc1. The van der Waals surface area contributed by atoms with Gasteiger partial charge in [-0.3, -0.25) is 0 Å². The van der Waals surface area contributed by atoms with Crippen LogP contribution in [-0.4, -0.2) is 6.54 Å². The average Bonchev–Trinajstić information content (AvgIpc) is 3.10. The van der Waals surface area contributed by atoms with Gasteiger partial charge in [0.25, 0.3) is 0 Å². The number of benzene rings is 1. The van der Waals surface area contributed by atoms with Crippen LogP contribution in [0.15, 0.2) is 30.3 Å². The lowest BCUT2D eigenvalue weighted by Crippen LogP contribution is -2.22. The van der Waals surface area contributed by atoms with Gasteiger partial charge in [0.15, 0.2) is 0 Å². The first kappa shape index (κ1) is 10.7. The van der Waals surface area contributed by atoms with Crippen molar-refractivity contribution in [2.75, 3.05) is 6.54 Å². The van der Waals surface area contributed by atoms with Crippen LogP contribution < -0.4 is 5.32 Å². The molecule has 1 nitrogen and oxygen atoms in total. The molecular weight excluding hydrogens is 182 g/mol. The van der Waals surface area contributed by atoms with Gasteiger partial charge in [-0.25, -0.2) is 0 Å². The third kappa shape index (κ3) is 3.35. The molecule has 1 atom stereocenters. The minimum Gasteiger partial charge on any atom is -0.310 e. The second-order valence-corrected chi connectivity index (χ2v) is 4.56. The minimum absolute atomic E-state index is 0.546. The highest BCUT2D eigenvalue weighted by atomic mass is 14.9. The third-order valence-corrected chi connectivity index (χ3v) is 3.25. The van der Waals surface area contributed by atoms with Crippen molar-refractivity contribution in [3.05, 3.63) is 35.9 Å². The molecule has 1 aliphatic carbocycles. The molecule has 0 radical (unpaired) electrons. The average molecular weight is 203 g/mol. The van der Waals surface area contributed by atoms with E-state index in [4.69, 9.17) is 0 Å². The van der Waals surface area contributed by atoms with Crippen LogP contribution in [0.5, 0.6) is 0 Å². The van der Waals surface area contributed by atoms with E-state index in [1.807, 2.05) is 0 Å². The zero-order valence-electron chi connectivity index (χ0n) is 9.58. The number of rotatable bonds is 6. The predicted octanol–water partition coefficient (Wildman–Crippen LogP) is 3.53. The van der Waals surface area contributed by atoms with Gasteiger partial charge in [-0.2, -0.15) is 0 Å². The zero-order valence-corrected chi connectivity index (χ0v) is 9.58. The Bertz CT molecular complexity index is 277. The normalized spacial score (nSPS) is 17.7. The molecule has 1 N–H and O–H groups in total. The molecule has 0 bridgehead atoms. The molecule has 2 rings (SSSR count). The van der Waals surface area contributed by atoms with Crippen LogP contribution in [0.25, 0.3) is 0 Å². The van der Waals surface area contributed by atoms with Gasteiger partial charge in [-0.05, 0) is 30.9 Å². The van der Waals surface area contributed by atoms with E-state index >= 15 is 0 Å². The third-order valence-electron chi connectivity index (χ3n) is 3.25. The molecule has 0 heterocycles. The summed E-state index contributed by atoms with van der Waals surface area (Å²) in [6.45, 7) is 3.43. The second-order valence-electron chi connectivity index (χ2n) is 4.56. The topological polar surface area (TPSA) is 12.0 Å². The standard InChI is InChI=1S/C14H21N/c1-2-14(13-6-4-3-5-7-13)15-11-10-12-8-9-12/h3-7,12,14-15H,2,8-11H2,1H3. The van der Waals surface area contributed by atoms with Gasteiger partial charge < -0.3 is 5.32 Å². The van der Waals surface area contributed by atoms with Gasteiger partial charge in [0.1, 0.15) is 0 Å². The molecule has 15 heavy (non-hydrogen) atoms. The monoisotopic (exact) mass is 203 g/mol. The van der Waals surface area contributed by atoms with Crippen LogP contribution in [0, 0.1) is 5.92 Å². The molecule has 0 saturated heterocycles. The Morgan fingerprint density at radius 2 is 2.00 bits per heavy atom. The van der Waals surface area contributed by atoms with Crippen LogP contribution in [-0.2, 0) is 0 Å². The van der Waals surface area contributed by atoms with Crippen molar-refractivity contribution >= 4 is 0 Å². The van der Waals surface area contributed by atoms with E-state index in [1.54, 1.807) is 0 Å². The quantitative estimate of drug-likeness (QED) is 0.746. The van der Waals surface area contributed by atoms with Crippen LogP contribution in [0.1, 0.15) is 44.2 Å². The minimum atomic E-state index is 0.546. The molecule has 82 valence electrons. The summed E-state index contributed by atoms with van der Waals surface area (Å²) in [6, 6.07) is 11.3. The molecular formula is C14H21N. The fourth-order valence-corrected chi connectivity index (χ4v) is 2.05. The molecule has 0 aromatic heterocycles. The summed E-state index contributed by atoms with van der Waals surface area (Å²) in [5.41, 5.74) is 1.43. The zero-order chi connectivity index (χ0) is 10.5. The molecule has 1 aromatic rings. The lowest BCUT2D eigenvalue weighted by atomic mass is 10.0. The van der Waals surface area contributed by atoms with Gasteiger partial charge in [0.2, 0.25) is 0 Å². The van der Waals surface area contributed by atoms with Crippen LogP contribution >= 0.6 is 0 Å². The van der Waals surface area contributed by atoms with E-state index in [0.717, 1.165) is 5.92 Å². The Labute approximate surface area is 92.9 Å². The highest BCUT2D eigenvalue weighted by molar-refractivity contribution is 5.18. The van der Waals surface area contributed by atoms with Crippen molar-refractivity contribution in [1.82, 2.24) is 5.32 Å². The highest BCUT2D eigenvalue weighted by Gasteiger charge is 2.20. The van der Waals surface area contributed by atoms with E-state index in [2.05, 4.69) is 42.6 Å². The second kappa shape index (κ2) is 5.32. The summed E-state index contributed by atoms with van der Waals surface area (Å²) in [6.07, 6.45) is 5.46. The molecule has 1 heteroatoms. The van der Waals surface area contributed by atoms with E-state index < -0.39 is 0 Å². The first-order valence-electron chi connectivity index (χ1n) is 6.18. The lowest BCUT2D eigenvalue weighted by Gasteiger charge is -2.17. The molecule has 1 aliphatic rings. The first-order valence-corrected chi connectivity index (χ1v) is 6.18. The maximum atomic E-state index is 3.66. The largest absolute Gasteiger partial charge is 0.310 e. The van der Waals surface area contributed by atoms with Gasteiger partial charge in [-0.15, -0.1) is 0 Å². The Hall–Kier alpha value is -0.820. The number of hydrogen-bond acceptors (Lipinski definition) is 1. The number of nitrogens with one attached hydrogen (secondary N) is 1. The van der Waals surface area contributed by atoms with E-state index in [0.29, 0.717) is 6.04 Å². The van der Waals surface area contributed by atoms with Crippen molar-refractivity contribution in [2.24, 2.45) is 5.92 Å². The smallest absolute Gasteiger partial charge is 0.0317 e. The number of hydrogen-bond donors (Lipinski definition) is 1. The predicted molar refractivity (Wildman–Crippen MR) is 64.8 cm³/mol. The van der Waals surface area contributed by atoms with Crippen LogP contribution in [0.4, 0.5) is 0 Å². The summed E-state index contributed by atoms with van der Waals surface area (Å²) in [5.74, 6) is 1.03. The van der Waals surface area contributed by atoms with Gasteiger partial charge in [0, 0.05) is 6.04 Å². The maximum Gasteiger partial charge on any atom is 0.0317 e. The molecule has 0 aliphatic heterocycles. The Morgan fingerprint density at radius 3 is 2.60 bits per heavy atom. The van der Waals surface area contributed by atoms with Gasteiger partial charge in [0.05, 0.1) is 0 Å².